The van der Waals surface area contributed by atoms with Crippen LogP contribution in [0.3, 0.4) is 0 Å². The van der Waals surface area contributed by atoms with E-state index in [4.69, 9.17) is 21.1 Å². The number of halogens is 2. The van der Waals surface area contributed by atoms with Crippen LogP contribution < -0.4 is 9.47 Å². The summed E-state index contributed by atoms with van der Waals surface area (Å²) in [6.45, 7) is 1.92. The van der Waals surface area contributed by atoms with Gasteiger partial charge in [-0.2, -0.15) is 0 Å². The van der Waals surface area contributed by atoms with Crippen molar-refractivity contribution in [1.82, 2.24) is 0 Å². The Balaban J connectivity index is 3.41. The number of benzene rings is 1. The molecule has 0 radical (unpaired) electrons. The molecule has 1 rings (SSSR count). The van der Waals surface area contributed by atoms with Crippen molar-refractivity contribution in [3.63, 3.8) is 0 Å². The van der Waals surface area contributed by atoms with Gasteiger partial charge in [0.1, 0.15) is 6.29 Å². The molecule has 0 aliphatic heterocycles. The molecular weight excluding hydrogens is 307 g/mol. The second-order valence-electron chi connectivity index (χ2n) is 3.62. The van der Waals surface area contributed by atoms with Crippen molar-refractivity contribution in [3.8, 4) is 11.5 Å². The van der Waals surface area contributed by atoms with Crippen LogP contribution in [0.4, 0.5) is 0 Å². The van der Waals surface area contributed by atoms with E-state index in [9.17, 15) is 4.79 Å². The summed E-state index contributed by atoms with van der Waals surface area (Å²) < 4.78 is 11.3. The number of hydrogen-bond acceptors (Lipinski definition) is 3. The molecule has 5 heteroatoms. The molecule has 0 heterocycles. The number of rotatable bonds is 5. The Bertz CT molecular complexity index is 421. The highest BCUT2D eigenvalue weighted by Gasteiger charge is 2.21. The molecule has 0 aliphatic rings. The lowest BCUT2D eigenvalue weighted by molar-refractivity contribution is -0.108. The normalized spacial score (nSPS) is 12.1. The van der Waals surface area contributed by atoms with Crippen molar-refractivity contribution in [2.45, 2.75) is 19.3 Å². The van der Waals surface area contributed by atoms with Gasteiger partial charge in [0.15, 0.2) is 11.5 Å². The molecule has 0 bridgehead atoms. The predicted octanol–water partition coefficient (Wildman–Crippen LogP) is 3.81. The molecule has 0 fully saturated rings. The average Bonchev–Trinajstić information content (AvgIpc) is 2.28. The Labute approximate surface area is 114 Å². The van der Waals surface area contributed by atoms with Crippen LogP contribution in [0.2, 0.25) is 5.02 Å². The van der Waals surface area contributed by atoms with Crippen molar-refractivity contribution >= 4 is 33.8 Å². The number of aldehydes is 1. The lowest BCUT2D eigenvalue weighted by Gasteiger charge is -2.19. The third kappa shape index (κ3) is 2.93. The summed E-state index contributed by atoms with van der Waals surface area (Å²) in [5, 5.41) is 0.559. The Morgan fingerprint density at radius 1 is 1.41 bits per heavy atom. The maximum absolute atomic E-state index is 10.6. The van der Waals surface area contributed by atoms with Crippen molar-refractivity contribution in [1.29, 1.82) is 0 Å². The molecule has 1 atom stereocenters. The minimum absolute atomic E-state index is 0.0167. The van der Waals surface area contributed by atoms with Gasteiger partial charge in [-0.25, -0.2) is 0 Å². The van der Waals surface area contributed by atoms with Crippen molar-refractivity contribution in [2.24, 2.45) is 0 Å². The summed E-state index contributed by atoms with van der Waals surface area (Å²) in [6.07, 6.45) is 1.26. The van der Waals surface area contributed by atoms with Crippen LogP contribution in [0, 0.1) is 0 Å². The van der Waals surface area contributed by atoms with Gasteiger partial charge in [0, 0.05) is 17.0 Å². The van der Waals surface area contributed by atoms with E-state index in [1.54, 1.807) is 20.3 Å². The zero-order valence-corrected chi connectivity index (χ0v) is 12.3. The molecule has 3 nitrogen and oxygen atoms in total. The first-order valence-corrected chi connectivity index (χ1v) is 6.27. The van der Waals surface area contributed by atoms with Crippen LogP contribution in [-0.2, 0) is 4.79 Å². The molecular formula is C12H14BrClO3. The number of carbonyl (C=O) groups is 1. The molecule has 0 saturated carbocycles. The lowest BCUT2D eigenvalue weighted by Crippen LogP contribution is -2.02. The van der Waals surface area contributed by atoms with E-state index in [-0.39, 0.29) is 5.92 Å². The maximum atomic E-state index is 10.6. The van der Waals surface area contributed by atoms with Gasteiger partial charge in [-0.15, -0.1) is 0 Å². The second kappa shape index (κ2) is 6.26. The van der Waals surface area contributed by atoms with Crippen molar-refractivity contribution in [3.05, 3.63) is 21.1 Å². The zero-order valence-electron chi connectivity index (χ0n) is 9.92. The molecule has 1 unspecified atom stereocenters. The summed E-state index contributed by atoms with van der Waals surface area (Å²) in [5.74, 6) is 1.14. The van der Waals surface area contributed by atoms with Gasteiger partial charge in [-0.1, -0.05) is 18.5 Å². The highest BCUT2D eigenvalue weighted by Crippen LogP contribution is 2.45. The lowest BCUT2D eigenvalue weighted by atomic mass is 9.97. The molecule has 0 spiro atoms. The van der Waals surface area contributed by atoms with E-state index in [2.05, 4.69) is 15.9 Å². The molecule has 0 amide bonds. The fourth-order valence-electron chi connectivity index (χ4n) is 1.71. The van der Waals surface area contributed by atoms with E-state index in [1.807, 2.05) is 6.92 Å². The topological polar surface area (TPSA) is 35.5 Å². The molecule has 0 aromatic heterocycles. The molecule has 0 saturated heterocycles. The van der Waals surface area contributed by atoms with Crippen LogP contribution in [-0.4, -0.2) is 20.5 Å². The third-order valence-corrected chi connectivity index (χ3v) is 3.43. The SMILES string of the molecule is COc1c(Br)cc(Cl)c(C(C)CC=O)c1OC. The van der Waals surface area contributed by atoms with Gasteiger partial charge >= 0.3 is 0 Å². The molecule has 17 heavy (non-hydrogen) atoms. The monoisotopic (exact) mass is 320 g/mol. The van der Waals surface area contributed by atoms with E-state index < -0.39 is 0 Å². The van der Waals surface area contributed by atoms with Crippen LogP contribution in [0.1, 0.15) is 24.8 Å². The molecule has 0 aliphatic carbocycles. The summed E-state index contributed by atoms with van der Waals surface area (Å²) in [5.41, 5.74) is 0.793. The van der Waals surface area contributed by atoms with Crippen LogP contribution in [0.5, 0.6) is 11.5 Å². The maximum Gasteiger partial charge on any atom is 0.175 e. The number of methoxy groups -OCH3 is 2. The van der Waals surface area contributed by atoms with Crippen molar-refractivity contribution in [2.75, 3.05) is 14.2 Å². The smallest absolute Gasteiger partial charge is 0.175 e. The third-order valence-electron chi connectivity index (χ3n) is 2.53. The molecule has 1 aromatic carbocycles. The number of carbonyl (C=O) groups excluding carboxylic acids is 1. The molecule has 1 aromatic rings. The Morgan fingerprint density at radius 3 is 2.47 bits per heavy atom. The first-order chi connectivity index (χ1) is 8.06. The highest BCUT2D eigenvalue weighted by molar-refractivity contribution is 9.10. The average molecular weight is 322 g/mol. The Morgan fingerprint density at radius 2 is 2.00 bits per heavy atom. The van der Waals surface area contributed by atoms with E-state index >= 15 is 0 Å². The fourth-order valence-corrected chi connectivity index (χ4v) is 2.79. The summed E-state index contributed by atoms with van der Waals surface area (Å²) in [7, 11) is 3.11. The van der Waals surface area contributed by atoms with E-state index in [0.29, 0.717) is 22.9 Å². The van der Waals surface area contributed by atoms with Gasteiger partial charge in [-0.3, -0.25) is 0 Å². The highest BCUT2D eigenvalue weighted by atomic mass is 79.9. The summed E-state index contributed by atoms with van der Waals surface area (Å²) >= 11 is 9.55. The van der Waals surface area contributed by atoms with Gasteiger partial charge in [0.05, 0.1) is 18.7 Å². The Hall–Kier alpha value is -0.740. The fraction of sp³-hybridized carbons (Fsp3) is 0.417. The quantitative estimate of drug-likeness (QED) is 0.774. The standard InChI is InChI=1S/C12H14BrClO3/c1-7(4-5-15)10-9(14)6-8(13)11(16-2)12(10)17-3/h5-7H,4H2,1-3H3. The van der Waals surface area contributed by atoms with Gasteiger partial charge < -0.3 is 14.3 Å². The molecule has 0 N–H and O–H groups in total. The van der Waals surface area contributed by atoms with Gasteiger partial charge in [0.2, 0.25) is 0 Å². The van der Waals surface area contributed by atoms with Gasteiger partial charge in [-0.05, 0) is 27.9 Å². The number of hydrogen-bond donors (Lipinski definition) is 0. The van der Waals surface area contributed by atoms with Gasteiger partial charge in [0.25, 0.3) is 0 Å². The minimum atomic E-state index is -0.0167. The molecule has 94 valence electrons. The largest absolute Gasteiger partial charge is 0.492 e. The summed E-state index contributed by atoms with van der Waals surface area (Å²) in [6, 6.07) is 1.75. The van der Waals surface area contributed by atoms with Crippen molar-refractivity contribution < 1.29 is 14.3 Å². The predicted molar refractivity (Wildman–Crippen MR) is 71.4 cm³/mol. The van der Waals surface area contributed by atoms with E-state index in [1.165, 1.54) is 0 Å². The van der Waals surface area contributed by atoms with Crippen LogP contribution in [0.25, 0.3) is 0 Å². The van der Waals surface area contributed by atoms with Crippen LogP contribution >= 0.6 is 27.5 Å². The minimum Gasteiger partial charge on any atom is -0.492 e. The first kappa shape index (κ1) is 14.3. The second-order valence-corrected chi connectivity index (χ2v) is 4.89. The van der Waals surface area contributed by atoms with Crippen LogP contribution in [0.15, 0.2) is 10.5 Å². The summed E-state index contributed by atoms with van der Waals surface area (Å²) in [4.78, 5) is 10.6. The first-order valence-electron chi connectivity index (χ1n) is 5.10. The zero-order chi connectivity index (χ0) is 13.0. The Kier molecular flexibility index (Phi) is 5.28. The van der Waals surface area contributed by atoms with E-state index in [0.717, 1.165) is 16.3 Å². The number of ether oxygens (including phenoxy) is 2.